The van der Waals surface area contributed by atoms with Crippen LogP contribution >= 0.6 is 0 Å². The van der Waals surface area contributed by atoms with E-state index in [0.717, 1.165) is 0 Å². The molecule has 0 bridgehead atoms. The first-order valence-corrected chi connectivity index (χ1v) is 4.59. The van der Waals surface area contributed by atoms with E-state index in [-0.39, 0.29) is 17.5 Å². The van der Waals surface area contributed by atoms with Crippen LogP contribution in [-0.2, 0) is 0 Å². The largest absolute Gasteiger partial charge is 0.294 e. The van der Waals surface area contributed by atoms with Gasteiger partial charge in [0, 0.05) is 12.0 Å². The molecular weight excluding hydrogens is 205 g/mol. The fourth-order valence-corrected chi connectivity index (χ4v) is 1.35. The molecule has 0 aliphatic heterocycles. The zero-order chi connectivity index (χ0) is 11.6. The van der Waals surface area contributed by atoms with Crippen molar-refractivity contribution in [2.45, 2.75) is 26.7 Å². The lowest BCUT2D eigenvalue weighted by molar-refractivity contribution is 0.0971. The highest BCUT2D eigenvalue weighted by atomic mass is 19.3. The van der Waals surface area contributed by atoms with Crippen LogP contribution in [0.3, 0.4) is 0 Å². The summed E-state index contributed by atoms with van der Waals surface area (Å²) in [5.41, 5.74) is -0.865. The van der Waals surface area contributed by atoms with Crippen LogP contribution in [0.15, 0.2) is 12.1 Å². The molecule has 0 N–H and O–H groups in total. The lowest BCUT2D eigenvalue weighted by atomic mass is 9.99. The molecule has 1 aromatic carbocycles. The Morgan fingerprint density at radius 2 is 2.00 bits per heavy atom. The maximum atomic E-state index is 13.4. The van der Waals surface area contributed by atoms with Crippen molar-refractivity contribution in [3.05, 3.63) is 34.6 Å². The summed E-state index contributed by atoms with van der Waals surface area (Å²) in [6.07, 6.45) is -2.88. The van der Waals surface area contributed by atoms with Crippen molar-refractivity contribution < 1.29 is 18.0 Å². The highest BCUT2D eigenvalue weighted by Gasteiger charge is 2.22. The number of carbonyl (C=O) groups excluding carboxylic acids is 1. The molecule has 15 heavy (non-hydrogen) atoms. The predicted molar refractivity (Wildman–Crippen MR) is 50.7 cm³/mol. The van der Waals surface area contributed by atoms with Crippen molar-refractivity contribution in [2.24, 2.45) is 0 Å². The van der Waals surface area contributed by atoms with Crippen LogP contribution in [0.2, 0.25) is 0 Å². The van der Waals surface area contributed by atoms with Crippen molar-refractivity contribution in [3.8, 4) is 0 Å². The van der Waals surface area contributed by atoms with Crippen molar-refractivity contribution in [1.82, 2.24) is 0 Å². The van der Waals surface area contributed by atoms with Crippen molar-refractivity contribution in [2.75, 3.05) is 0 Å². The van der Waals surface area contributed by atoms with E-state index in [1.165, 1.54) is 19.1 Å². The van der Waals surface area contributed by atoms with Gasteiger partial charge in [0.2, 0.25) is 0 Å². The van der Waals surface area contributed by atoms with Gasteiger partial charge in [0.15, 0.2) is 5.78 Å². The number of Topliss-reactive ketones (excluding diaryl/α,β-unsaturated/α-hetero) is 1. The van der Waals surface area contributed by atoms with Gasteiger partial charge in [-0.1, -0.05) is 19.1 Å². The van der Waals surface area contributed by atoms with Gasteiger partial charge < -0.3 is 0 Å². The fraction of sp³-hybridized carbons (Fsp3) is 0.364. The van der Waals surface area contributed by atoms with Crippen molar-refractivity contribution in [3.63, 3.8) is 0 Å². The van der Waals surface area contributed by atoms with E-state index in [1.54, 1.807) is 6.92 Å². The Morgan fingerprint density at radius 3 is 2.47 bits per heavy atom. The summed E-state index contributed by atoms with van der Waals surface area (Å²) in [5.74, 6) is -1.45. The van der Waals surface area contributed by atoms with Crippen LogP contribution < -0.4 is 0 Å². The summed E-state index contributed by atoms with van der Waals surface area (Å²) in [4.78, 5) is 11.3. The summed E-state index contributed by atoms with van der Waals surface area (Å²) in [7, 11) is 0. The zero-order valence-electron chi connectivity index (χ0n) is 8.48. The van der Waals surface area contributed by atoms with Gasteiger partial charge in [-0.2, -0.15) is 0 Å². The van der Waals surface area contributed by atoms with Gasteiger partial charge >= 0.3 is 0 Å². The van der Waals surface area contributed by atoms with E-state index in [1.807, 2.05) is 0 Å². The van der Waals surface area contributed by atoms with E-state index < -0.39 is 23.6 Å². The van der Waals surface area contributed by atoms with Gasteiger partial charge in [-0.15, -0.1) is 0 Å². The molecular formula is C11H11F3O. The molecule has 0 aromatic heterocycles. The lowest BCUT2D eigenvalue weighted by Crippen LogP contribution is -2.06. The van der Waals surface area contributed by atoms with Crippen LogP contribution in [0.25, 0.3) is 0 Å². The fourth-order valence-electron chi connectivity index (χ4n) is 1.35. The van der Waals surface area contributed by atoms with Crippen LogP contribution in [-0.4, -0.2) is 5.78 Å². The Balaban J connectivity index is 3.40. The van der Waals surface area contributed by atoms with E-state index in [9.17, 15) is 18.0 Å². The molecule has 0 saturated heterocycles. The molecule has 1 rings (SSSR count). The molecule has 0 unspecified atom stereocenters. The second-order valence-corrected chi connectivity index (χ2v) is 3.24. The molecule has 0 spiro atoms. The summed E-state index contributed by atoms with van der Waals surface area (Å²) in [5, 5.41) is 0. The normalized spacial score (nSPS) is 10.8. The number of hydrogen-bond acceptors (Lipinski definition) is 1. The predicted octanol–water partition coefficient (Wildman–Crippen LogP) is 3.66. The molecule has 0 aliphatic carbocycles. The maximum Gasteiger partial charge on any atom is 0.267 e. The first-order chi connectivity index (χ1) is 6.99. The number of alkyl halides is 2. The Kier molecular flexibility index (Phi) is 3.50. The van der Waals surface area contributed by atoms with Gasteiger partial charge in [-0.3, -0.25) is 4.79 Å². The first kappa shape index (κ1) is 11.8. The Labute approximate surface area is 85.9 Å². The first-order valence-electron chi connectivity index (χ1n) is 4.59. The number of rotatable bonds is 3. The SMILES string of the molecule is CCC(=O)c1ccc(C)c(F)c1C(F)F. The van der Waals surface area contributed by atoms with Crippen molar-refractivity contribution >= 4 is 5.78 Å². The molecule has 0 aliphatic rings. The van der Waals surface area contributed by atoms with E-state index >= 15 is 0 Å². The Hall–Kier alpha value is -1.32. The molecule has 0 amide bonds. The van der Waals surface area contributed by atoms with Crippen LogP contribution in [0.1, 0.15) is 41.3 Å². The minimum atomic E-state index is -2.96. The molecule has 0 saturated carbocycles. The number of halogens is 3. The Bertz CT molecular complexity index is 386. The highest BCUT2D eigenvalue weighted by Crippen LogP contribution is 2.28. The summed E-state index contributed by atoms with van der Waals surface area (Å²) in [6, 6.07) is 2.59. The third-order valence-corrected chi connectivity index (χ3v) is 2.21. The number of carbonyl (C=O) groups is 1. The summed E-state index contributed by atoms with van der Waals surface area (Å²) in [6.45, 7) is 2.94. The number of hydrogen-bond donors (Lipinski definition) is 0. The molecule has 1 aromatic rings. The second kappa shape index (κ2) is 4.47. The average molecular weight is 216 g/mol. The minimum Gasteiger partial charge on any atom is -0.294 e. The van der Waals surface area contributed by atoms with E-state index in [4.69, 9.17) is 0 Å². The second-order valence-electron chi connectivity index (χ2n) is 3.24. The molecule has 0 fully saturated rings. The standard InChI is InChI=1S/C11H11F3O/c1-3-8(15)7-5-4-6(2)10(12)9(7)11(13)14/h4-5,11H,3H2,1-2H3. The molecule has 0 radical (unpaired) electrons. The quantitative estimate of drug-likeness (QED) is 0.704. The van der Waals surface area contributed by atoms with E-state index in [2.05, 4.69) is 0 Å². The molecule has 0 atom stereocenters. The number of aryl methyl sites for hydroxylation is 1. The topological polar surface area (TPSA) is 17.1 Å². The van der Waals surface area contributed by atoms with Gasteiger partial charge in [-0.25, -0.2) is 13.2 Å². The number of benzene rings is 1. The van der Waals surface area contributed by atoms with Gasteiger partial charge in [-0.05, 0) is 12.5 Å². The highest BCUT2D eigenvalue weighted by molar-refractivity contribution is 5.97. The van der Waals surface area contributed by atoms with Crippen LogP contribution in [0, 0.1) is 12.7 Å². The van der Waals surface area contributed by atoms with Crippen LogP contribution in [0.4, 0.5) is 13.2 Å². The lowest BCUT2D eigenvalue weighted by Gasteiger charge is -2.09. The average Bonchev–Trinajstić information content (AvgIpc) is 2.20. The van der Waals surface area contributed by atoms with Crippen LogP contribution in [0.5, 0.6) is 0 Å². The molecule has 0 heterocycles. The zero-order valence-corrected chi connectivity index (χ0v) is 8.48. The molecule has 4 heteroatoms. The monoisotopic (exact) mass is 216 g/mol. The van der Waals surface area contributed by atoms with Gasteiger partial charge in [0.1, 0.15) is 5.82 Å². The third-order valence-electron chi connectivity index (χ3n) is 2.21. The van der Waals surface area contributed by atoms with Crippen molar-refractivity contribution in [1.29, 1.82) is 0 Å². The van der Waals surface area contributed by atoms with Gasteiger partial charge in [0.25, 0.3) is 6.43 Å². The van der Waals surface area contributed by atoms with E-state index in [0.29, 0.717) is 0 Å². The number of ketones is 1. The maximum absolute atomic E-state index is 13.4. The molecule has 1 nitrogen and oxygen atoms in total. The smallest absolute Gasteiger partial charge is 0.267 e. The summed E-state index contributed by atoms with van der Waals surface area (Å²) < 4.78 is 38.5. The molecule has 82 valence electrons. The summed E-state index contributed by atoms with van der Waals surface area (Å²) >= 11 is 0. The minimum absolute atomic E-state index is 0.0855. The third kappa shape index (κ3) is 2.19. The Morgan fingerprint density at radius 1 is 1.40 bits per heavy atom. The van der Waals surface area contributed by atoms with Gasteiger partial charge in [0.05, 0.1) is 5.56 Å².